The predicted octanol–water partition coefficient (Wildman–Crippen LogP) is 3.61. The maximum atomic E-state index is 10.0. The number of benzene rings is 1. The lowest BCUT2D eigenvalue weighted by Gasteiger charge is -2.27. The molecule has 2 atom stereocenters. The molecular formula is C15H22OS. The normalized spacial score (nSPS) is 20.9. The second-order valence-corrected chi connectivity index (χ2v) is 5.94. The summed E-state index contributed by atoms with van der Waals surface area (Å²) in [6.07, 6.45) is 7.58. The first-order valence-corrected chi connectivity index (χ1v) is 7.95. The standard InChI is InChI=1S/C15H22OS/c1-17-10-9-14(16)11-13-7-4-6-12-5-2-3-8-15(12)13/h2-3,5,8,13-14,16H,4,6-7,9-11H2,1H3. The molecule has 0 bridgehead atoms. The van der Waals surface area contributed by atoms with Crippen LogP contribution in [-0.4, -0.2) is 23.2 Å². The summed E-state index contributed by atoms with van der Waals surface area (Å²) in [5, 5.41) is 10.0. The molecule has 0 aromatic heterocycles. The van der Waals surface area contributed by atoms with Crippen LogP contribution in [0.3, 0.4) is 0 Å². The van der Waals surface area contributed by atoms with E-state index in [0.717, 1.165) is 18.6 Å². The maximum absolute atomic E-state index is 10.0. The molecule has 1 aromatic carbocycles. The Kier molecular flexibility index (Phi) is 4.93. The number of thioether (sulfide) groups is 1. The minimum Gasteiger partial charge on any atom is -0.393 e. The number of aliphatic hydroxyl groups excluding tert-OH is 1. The third kappa shape index (κ3) is 3.49. The van der Waals surface area contributed by atoms with E-state index in [9.17, 15) is 5.11 Å². The molecule has 0 saturated heterocycles. The lowest BCUT2D eigenvalue weighted by atomic mass is 9.80. The van der Waals surface area contributed by atoms with Gasteiger partial charge in [-0.3, -0.25) is 0 Å². The van der Waals surface area contributed by atoms with E-state index in [1.807, 2.05) is 11.8 Å². The van der Waals surface area contributed by atoms with Crippen molar-refractivity contribution in [2.24, 2.45) is 0 Å². The van der Waals surface area contributed by atoms with Crippen LogP contribution in [0.2, 0.25) is 0 Å². The van der Waals surface area contributed by atoms with Gasteiger partial charge in [0.25, 0.3) is 0 Å². The van der Waals surface area contributed by atoms with Gasteiger partial charge >= 0.3 is 0 Å². The van der Waals surface area contributed by atoms with E-state index in [2.05, 4.69) is 30.5 Å². The van der Waals surface area contributed by atoms with Crippen molar-refractivity contribution >= 4 is 11.8 Å². The Bertz CT molecular complexity index is 351. The number of fused-ring (bicyclic) bond motifs is 1. The zero-order chi connectivity index (χ0) is 12.1. The fourth-order valence-electron chi connectivity index (χ4n) is 2.80. The molecule has 1 nitrogen and oxygen atoms in total. The summed E-state index contributed by atoms with van der Waals surface area (Å²) in [6.45, 7) is 0. The van der Waals surface area contributed by atoms with Crippen molar-refractivity contribution in [1.29, 1.82) is 0 Å². The van der Waals surface area contributed by atoms with Crippen LogP contribution in [0.4, 0.5) is 0 Å². The van der Waals surface area contributed by atoms with Crippen LogP contribution >= 0.6 is 11.8 Å². The molecule has 2 unspecified atom stereocenters. The largest absolute Gasteiger partial charge is 0.393 e. The monoisotopic (exact) mass is 250 g/mol. The minimum atomic E-state index is -0.126. The number of rotatable bonds is 5. The molecular weight excluding hydrogens is 228 g/mol. The molecule has 0 spiro atoms. The first-order chi connectivity index (χ1) is 8.31. The fraction of sp³-hybridized carbons (Fsp3) is 0.600. The number of aryl methyl sites for hydroxylation is 1. The summed E-state index contributed by atoms with van der Waals surface area (Å²) < 4.78 is 0. The molecule has 0 radical (unpaired) electrons. The highest BCUT2D eigenvalue weighted by Gasteiger charge is 2.22. The molecule has 0 amide bonds. The first-order valence-electron chi connectivity index (χ1n) is 6.56. The third-order valence-electron chi connectivity index (χ3n) is 3.71. The highest BCUT2D eigenvalue weighted by molar-refractivity contribution is 7.98. The van der Waals surface area contributed by atoms with Gasteiger partial charge in [0.15, 0.2) is 0 Å². The zero-order valence-electron chi connectivity index (χ0n) is 10.6. The molecule has 1 aromatic rings. The second kappa shape index (κ2) is 6.46. The topological polar surface area (TPSA) is 20.2 Å². The minimum absolute atomic E-state index is 0.126. The lowest BCUT2D eigenvalue weighted by molar-refractivity contribution is 0.149. The smallest absolute Gasteiger partial charge is 0.0554 e. The highest BCUT2D eigenvalue weighted by Crippen LogP contribution is 2.35. The van der Waals surface area contributed by atoms with Gasteiger partial charge in [0.1, 0.15) is 0 Å². The second-order valence-electron chi connectivity index (χ2n) is 4.96. The average molecular weight is 250 g/mol. The number of hydrogen-bond acceptors (Lipinski definition) is 2. The fourth-order valence-corrected chi connectivity index (χ4v) is 3.31. The lowest BCUT2D eigenvalue weighted by Crippen LogP contribution is -2.17. The van der Waals surface area contributed by atoms with Gasteiger partial charge in [-0.1, -0.05) is 24.3 Å². The van der Waals surface area contributed by atoms with Crippen LogP contribution in [0.5, 0.6) is 0 Å². The molecule has 0 saturated carbocycles. The zero-order valence-corrected chi connectivity index (χ0v) is 11.4. The van der Waals surface area contributed by atoms with Crippen molar-refractivity contribution in [2.75, 3.05) is 12.0 Å². The Morgan fingerprint density at radius 2 is 2.24 bits per heavy atom. The Morgan fingerprint density at radius 1 is 1.41 bits per heavy atom. The molecule has 17 heavy (non-hydrogen) atoms. The van der Waals surface area contributed by atoms with Crippen LogP contribution < -0.4 is 0 Å². The number of hydrogen-bond donors (Lipinski definition) is 1. The average Bonchev–Trinajstić information content (AvgIpc) is 2.37. The third-order valence-corrected chi connectivity index (χ3v) is 4.35. The molecule has 0 aliphatic heterocycles. The van der Waals surface area contributed by atoms with Gasteiger partial charge in [-0.05, 0) is 61.2 Å². The van der Waals surface area contributed by atoms with Crippen LogP contribution in [0.25, 0.3) is 0 Å². The molecule has 94 valence electrons. The Hall–Kier alpha value is -0.470. The van der Waals surface area contributed by atoms with E-state index >= 15 is 0 Å². The predicted molar refractivity (Wildman–Crippen MR) is 75.7 cm³/mol. The van der Waals surface area contributed by atoms with E-state index in [-0.39, 0.29) is 6.10 Å². The van der Waals surface area contributed by atoms with Crippen molar-refractivity contribution < 1.29 is 5.11 Å². The first kappa shape index (κ1) is 13.0. The van der Waals surface area contributed by atoms with Crippen LogP contribution in [0, 0.1) is 0 Å². The van der Waals surface area contributed by atoms with Gasteiger partial charge in [-0.15, -0.1) is 0 Å². The summed E-state index contributed by atoms with van der Waals surface area (Å²) in [4.78, 5) is 0. The van der Waals surface area contributed by atoms with Gasteiger partial charge in [0, 0.05) is 0 Å². The molecule has 2 rings (SSSR count). The van der Waals surface area contributed by atoms with Crippen LogP contribution in [0.15, 0.2) is 24.3 Å². The summed E-state index contributed by atoms with van der Waals surface area (Å²) in [5.74, 6) is 1.65. The molecule has 2 heteroatoms. The van der Waals surface area contributed by atoms with Gasteiger partial charge in [-0.2, -0.15) is 11.8 Å². The summed E-state index contributed by atoms with van der Waals surface area (Å²) in [7, 11) is 0. The van der Waals surface area contributed by atoms with Crippen LogP contribution in [-0.2, 0) is 6.42 Å². The van der Waals surface area contributed by atoms with Crippen molar-refractivity contribution in [3.05, 3.63) is 35.4 Å². The van der Waals surface area contributed by atoms with Gasteiger partial charge in [0.05, 0.1) is 6.10 Å². The van der Waals surface area contributed by atoms with Crippen molar-refractivity contribution in [3.63, 3.8) is 0 Å². The summed E-state index contributed by atoms with van der Waals surface area (Å²) in [6, 6.07) is 8.76. The summed E-state index contributed by atoms with van der Waals surface area (Å²) in [5.41, 5.74) is 2.99. The van der Waals surface area contributed by atoms with Crippen molar-refractivity contribution in [1.82, 2.24) is 0 Å². The van der Waals surface area contributed by atoms with Gasteiger partial charge in [0.2, 0.25) is 0 Å². The SMILES string of the molecule is CSCCC(O)CC1CCCc2ccccc21. The van der Waals surface area contributed by atoms with E-state index in [1.165, 1.54) is 30.4 Å². The molecule has 1 aliphatic rings. The Morgan fingerprint density at radius 3 is 3.06 bits per heavy atom. The van der Waals surface area contributed by atoms with E-state index < -0.39 is 0 Å². The van der Waals surface area contributed by atoms with Crippen LogP contribution in [0.1, 0.15) is 42.7 Å². The maximum Gasteiger partial charge on any atom is 0.0554 e. The highest BCUT2D eigenvalue weighted by atomic mass is 32.2. The van der Waals surface area contributed by atoms with Crippen molar-refractivity contribution in [3.8, 4) is 0 Å². The van der Waals surface area contributed by atoms with Gasteiger partial charge < -0.3 is 5.11 Å². The molecule has 0 heterocycles. The Labute approximate surface area is 109 Å². The van der Waals surface area contributed by atoms with E-state index in [0.29, 0.717) is 5.92 Å². The quantitative estimate of drug-likeness (QED) is 0.861. The molecule has 1 N–H and O–H groups in total. The molecule has 0 fully saturated rings. The summed E-state index contributed by atoms with van der Waals surface area (Å²) >= 11 is 1.82. The number of aliphatic hydroxyl groups is 1. The van der Waals surface area contributed by atoms with E-state index in [4.69, 9.17) is 0 Å². The van der Waals surface area contributed by atoms with Crippen molar-refractivity contribution in [2.45, 2.75) is 44.1 Å². The molecule has 1 aliphatic carbocycles. The van der Waals surface area contributed by atoms with E-state index in [1.54, 1.807) is 0 Å². The Balaban J connectivity index is 1.98. The van der Waals surface area contributed by atoms with Gasteiger partial charge in [-0.25, -0.2) is 0 Å².